The number of allylic oxidation sites excluding steroid dienone is 1. The second-order valence-electron chi connectivity index (χ2n) is 8.57. The number of benzene rings is 1. The van der Waals surface area contributed by atoms with Crippen LogP contribution in [0.25, 0.3) is 0 Å². The normalized spacial score (nSPS) is 27.1. The van der Waals surface area contributed by atoms with E-state index in [1.54, 1.807) is 13.0 Å². The van der Waals surface area contributed by atoms with Crippen molar-refractivity contribution in [2.45, 2.75) is 77.0 Å². The van der Waals surface area contributed by atoms with Crippen LogP contribution in [-0.4, -0.2) is 53.2 Å². The first kappa shape index (κ1) is 23.7. The molecule has 0 unspecified atom stereocenters. The summed E-state index contributed by atoms with van der Waals surface area (Å²) >= 11 is 0. The van der Waals surface area contributed by atoms with Crippen LogP contribution in [0.15, 0.2) is 42.0 Å². The van der Waals surface area contributed by atoms with E-state index in [-0.39, 0.29) is 30.6 Å². The minimum Gasteiger partial charge on any atom is -0.461 e. The maximum absolute atomic E-state index is 13.5. The molecule has 0 aromatic heterocycles. The maximum atomic E-state index is 13.5. The van der Waals surface area contributed by atoms with Crippen LogP contribution in [0, 0.1) is 0 Å². The van der Waals surface area contributed by atoms with Gasteiger partial charge in [-0.05, 0) is 37.3 Å². The van der Waals surface area contributed by atoms with E-state index in [9.17, 15) is 19.2 Å². The Balaban J connectivity index is 1.91. The first-order valence-corrected chi connectivity index (χ1v) is 11.4. The number of nitrogens with zero attached hydrogens (tertiary/aromatic N) is 1. The molecule has 1 saturated heterocycles. The summed E-state index contributed by atoms with van der Waals surface area (Å²) in [6.45, 7) is 4.11. The molecule has 0 bridgehead atoms. The molecule has 2 heterocycles. The van der Waals surface area contributed by atoms with Crippen LogP contribution >= 0.6 is 0 Å². The van der Waals surface area contributed by atoms with Crippen molar-refractivity contribution in [2.24, 2.45) is 0 Å². The number of rotatable bonds is 4. The number of carbonyl (C=O) groups is 4. The maximum Gasteiger partial charge on any atom is 0.329 e. The zero-order valence-electron chi connectivity index (χ0n) is 18.8. The lowest BCUT2D eigenvalue weighted by atomic mass is 10.0. The van der Waals surface area contributed by atoms with Crippen molar-refractivity contribution in [3.8, 4) is 0 Å². The van der Waals surface area contributed by atoms with Gasteiger partial charge in [0.05, 0.1) is 6.42 Å². The van der Waals surface area contributed by atoms with Crippen LogP contribution in [-0.2, 0) is 30.3 Å². The summed E-state index contributed by atoms with van der Waals surface area (Å²) in [5, 5.41) is 2.75. The minimum atomic E-state index is -0.857. The smallest absolute Gasteiger partial charge is 0.329 e. The van der Waals surface area contributed by atoms with E-state index in [2.05, 4.69) is 5.32 Å². The first-order chi connectivity index (χ1) is 15.4. The predicted molar refractivity (Wildman–Crippen MR) is 120 cm³/mol. The van der Waals surface area contributed by atoms with Gasteiger partial charge < -0.3 is 15.0 Å². The van der Waals surface area contributed by atoms with Crippen molar-refractivity contribution in [2.75, 3.05) is 6.54 Å². The van der Waals surface area contributed by atoms with Crippen LogP contribution in [0.3, 0.4) is 0 Å². The molecule has 0 saturated carbocycles. The number of esters is 1. The number of Topliss-reactive ketones (excluding diaryl/α,β-unsaturated/α-hetero) is 1. The zero-order chi connectivity index (χ0) is 23.1. The van der Waals surface area contributed by atoms with E-state index >= 15 is 0 Å². The highest BCUT2D eigenvalue weighted by Gasteiger charge is 2.39. The van der Waals surface area contributed by atoms with Crippen molar-refractivity contribution >= 4 is 23.6 Å². The fourth-order valence-electron chi connectivity index (χ4n) is 4.27. The molecule has 1 aromatic carbocycles. The second kappa shape index (κ2) is 11.1. The topological polar surface area (TPSA) is 92.8 Å². The molecule has 3 atom stereocenters. The third-order valence-electron chi connectivity index (χ3n) is 6.07. The summed E-state index contributed by atoms with van der Waals surface area (Å²) in [6, 6.07) is 7.88. The molecule has 3 rings (SSSR count). The minimum absolute atomic E-state index is 0.283. The fourth-order valence-corrected chi connectivity index (χ4v) is 4.27. The Bertz CT molecular complexity index is 880. The number of amides is 2. The molecule has 1 N–H and O–H groups in total. The van der Waals surface area contributed by atoms with Crippen LogP contribution in [0.1, 0.15) is 57.9 Å². The van der Waals surface area contributed by atoms with E-state index in [4.69, 9.17) is 4.74 Å². The van der Waals surface area contributed by atoms with Crippen molar-refractivity contribution in [1.29, 1.82) is 0 Å². The van der Waals surface area contributed by atoms with Crippen molar-refractivity contribution in [1.82, 2.24) is 10.2 Å². The number of hydrogen-bond donors (Lipinski definition) is 1. The fraction of sp³-hybridized carbons (Fsp3) is 0.520. The lowest BCUT2D eigenvalue weighted by Crippen LogP contribution is -2.53. The molecule has 172 valence electrons. The number of ketones is 1. The predicted octanol–water partition coefficient (Wildman–Crippen LogP) is 2.73. The van der Waals surface area contributed by atoms with Gasteiger partial charge >= 0.3 is 5.97 Å². The molecule has 7 nitrogen and oxygen atoms in total. The van der Waals surface area contributed by atoms with E-state index in [0.717, 1.165) is 12.0 Å². The van der Waals surface area contributed by atoms with E-state index in [0.29, 0.717) is 37.8 Å². The molecular weight excluding hydrogens is 408 g/mol. The number of cyclic esters (lactones) is 1. The largest absolute Gasteiger partial charge is 0.461 e. The zero-order valence-corrected chi connectivity index (χ0v) is 18.8. The molecule has 2 amide bonds. The van der Waals surface area contributed by atoms with Gasteiger partial charge in [0.15, 0.2) is 5.78 Å². The second-order valence-corrected chi connectivity index (χ2v) is 8.57. The Morgan fingerprint density at radius 3 is 2.59 bits per heavy atom. The Morgan fingerprint density at radius 2 is 1.88 bits per heavy atom. The van der Waals surface area contributed by atoms with Crippen molar-refractivity contribution in [3.63, 3.8) is 0 Å². The summed E-state index contributed by atoms with van der Waals surface area (Å²) in [6.07, 6.45) is 4.51. The number of ether oxygens (including phenoxy) is 1. The van der Waals surface area contributed by atoms with Gasteiger partial charge in [-0.25, -0.2) is 4.79 Å². The van der Waals surface area contributed by atoms with Gasteiger partial charge in [-0.3, -0.25) is 14.4 Å². The van der Waals surface area contributed by atoms with Crippen LogP contribution in [0.4, 0.5) is 0 Å². The van der Waals surface area contributed by atoms with Gasteiger partial charge in [-0.2, -0.15) is 0 Å². The highest BCUT2D eigenvalue weighted by Crippen LogP contribution is 2.23. The van der Waals surface area contributed by atoms with Gasteiger partial charge in [0.25, 0.3) is 0 Å². The highest BCUT2D eigenvalue weighted by atomic mass is 16.5. The van der Waals surface area contributed by atoms with Crippen LogP contribution in [0.5, 0.6) is 0 Å². The molecule has 1 fully saturated rings. The van der Waals surface area contributed by atoms with Gasteiger partial charge in [-0.15, -0.1) is 0 Å². The SMILES string of the molecule is CCC[C@@H]1C/C=C(\C)C(=O)CC(=O)N[C@H](Cc2ccccc2)C(=O)N2CCC[C@H]2C(=O)O1. The monoisotopic (exact) mass is 440 g/mol. The molecule has 0 aliphatic carbocycles. The number of hydrogen-bond acceptors (Lipinski definition) is 5. The van der Waals surface area contributed by atoms with E-state index in [1.807, 2.05) is 37.3 Å². The third kappa shape index (κ3) is 6.05. The van der Waals surface area contributed by atoms with E-state index < -0.39 is 24.0 Å². The lowest BCUT2D eigenvalue weighted by Gasteiger charge is -2.29. The highest BCUT2D eigenvalue weighted by molar-refractivity contribution is 6.07. The summed E-state index contributed by atoms with van der Waals surface area (Å²) < 4.78 is 5.78. The Hall–Kier alpha value is -2.96. The number of carbonyl (C=O) groups excluding carboxylic acids is 4. The molecule has 1 aromatic rings. The van der Waals surface area contributed by atoms with Crippen LogP contribution < -0.4 is 5.32 Å². The molecule has 0 radical (unpaired) electrons. The van der Waals surface area contributed by atoms with E-state index in [1.165, 1.54) is 4.90 Å². The standard InChI is InChI=1S/C25H32N2O5/c1-3-8-19-13-12-17(2)22(28)16-23(29)26-20(15-18-9-5-4-6-10-18)24(30)27-14-7-11-21(27)25(31)32-19/h4-6,9-10,12,19-21H,3,7-8,11,13-16H2,1-2H3,(H,26,29)/b17-12+/t19-,20-,21+/m1/s1. The molecule has 7 heteroatoms. The Morgan fingerprint density at radius 1 is 1.12 bits per heavy atom. The van der Waals surface area contributed by atoms with Crippen LogP contribution in [0.2, 0.25) is 0 Å². The van der Waals surface area contributed by atoms with Gasteiger partial charge in [0.2, 0.25) is 11.8 Å². The molecule has 2 aliphatic heterocycles. The quantitative estimate of drug-likeness (QED) is 0.574. The van der Waals surface area contributed by atoms with Gasteiger partial charge in [-0.1, -0.05) is 49.8 Å². The number of nitrogens with one attached hydrogen (secondary N) is 1. The summed E-state index contributed by atoms with van der Waals surface area (Å²) in [4.78, 5) is 53.1. The molecule has 0 spiro atoms. The lowest BCUT2D eigenvalue weighted by molar-refractivity contribution is -0.158. The molecule has 2 aliphatic rings. The first-order valence-electron chi connectivity index (χ1n) is 11.4. The average Bonchev–Trinajstić information content (AvgIpc) is 3.26. The van der Waals surface area contributed by atoms with Crippen molar-refractivity contribution in [3.05, 3.63) is 47.5 Å². The molecule has 32 heavy (non-hydrogen) atoms. The summed E-state index contributed by atoms with van der Waals surface area (Å²) in [5.74, 6) is -1.51. The molecular formula is C25H32N2O5. The van der Waals surface area contributed by atoms with Gasteiger partial charge in [0.1, 0.15) is 18.2 Å². The Labute approximate surface area is 189 Å². The van der Waals surface area contributed by atoms with Gasteiger partial charge in [0, 0.05) is 19.4 Å². The van der Waals surface area contributed by atoms with Crippen molar-refractivity contribution < 1.29 is 23.9 Å². The summed E-state index contributed by atoms with van der Waals surface area (Å²) in [5.41, 5.74) is 1.35. The average molecular weight is 441 g/mol. The third-order valence-corrected chi connectivity index (χ3v) is 6.07. The number of fused-ring (bicyclic) bond motifs is 1. The Kier molecular flexibility index (Phi) is 8.20. The summed E-state index contributed by atoms with van der Waals surface area (Å²) in [7, 11) is 0.